The van der Waals surface area contributed by atoms with Crippen LogP contribution >= 0.6 is 11.6 Å². The zero-order valence-corrected chi connectivity index (χ0v) is 20.6. The van der Waals surface area contributed by atoms with Crippen LogP contribution in [0.1, 0.15) is 29.5 Å². The molecule has 0 aliphatic carbocycles. The zero-order chi connectivity index (χ0) is 23.6. The molecule has 0 bridgehead atoms. The van der Waals surface area contributed by atoms with Gasteiger partial charge in [0.15, 0.2) is 0 Å². The Kier molecular flexibility index (Phi) is 7.37. The van der Waals surface area contributed by atoms with Crippen LogP contribution in [0.5, 0.6) is 11.5 Å². The molecule has 9 heteroatoms. The van der Waals surface area contributed by atoms with Crippen LogP contribution in [-0.2, 0) is 14.8 Å². The average molecular weight is 481 g/mol. The smallest absolute Gasteiger partial charge is 0.243 e. The second-order valence-corrected chi connectivity index (χ2v) is 10.4. The Morgan fingerprint density at radius 3 is 2.28 bits per heavy atom. The van der Waals surface area contributed by atoms with Gasteiger partial charge in [0.1, 0.15) is 11.5 Å². The van der Waals surface area contributed by atoms with Crippen molar-refractivity contribution in [2.75, 3.05) is 32.6 Å². The Bertz CT molecular complexity index is 1110. The number of methoxy groups -OCH3 is 2. The first kappa shape index (κ1) is 24.4. The van der Waals surface area contributed by atoms with Gasteiger partial charge in [-0.2, -0.15) is 4.31 Å². The molecule has 0 spiro atoms. The summed E-state index contributed by atoms with van der Waals surface area (Å²) in [6.07, 6.45) is 1.19. The van der Waals surface area contributed by atoms with Gasteiger partial charge in [-0.15, -0.1) is 0 Å². The van der Waals surface area contributed by atoms with Gasteiger partial charge >= 0.3 is 0 Å². The van der Waals surface area contributed by atoms with E-state index in [1.165, 1.54) is 18.5 Å². The number of hydrogen-bond donors (Lipinski definition) is 1. The minimum Gasteiger partial charge on any atom is -0.495 e. The number of sulfonamides is 1. The van der Waals surface area contributed by atoms with Crippen LogP contribution in [0.4, 0.5) is 5.69 Å². The topological polar surface area (TPSA) is 84.9 Å². The second-order valence-electron chi connectivity index (χ2n) is 8.11. The Hall–Kier alpha value is -2.29. The van der Waals surface area contributed by atoms with E-state index in [0.717, 1.165) is 5.56 Å². The fourth-order valence-electron chi connectivity index (χ4n) is 4.27. The van der Waals surface area contributed by atoms with Gasteiger partial charge in [0.05, 0.1) is 35.7 Å². The van der Waals surface area contributed by atoms with Crippen molar-refractivity contribution in [2.24, 2.45) is 5.92 Å². The van der Waals surface area contributed by atoms with E-state index in [0.29, 0.717) is 57.6 Å². The molecule has 0 unspecified atom stereocenters. The highest BCUT2D eigenvalue weighted by Crippen LogP contribution is 2.36. The first-order valence-electron chi connectivity index (χ1n) is 10.4. The zero-order valence-electron chi connectivity index (χ0n) is 19.0. The summed E-state index contributed by atoms with van der Waals surface area (Å²) in [4.78, 5) is 13.4. The van der Waals surface area contributed by atoms with Gasteiger partial charge in [-0.05, 0) is 44.7 Å². The van der Waals surface area contributed by atoms with Crippen molar-refractivity contribution in [1.82, 2.24) is 4.31 Å². The lowest BCUT2D eigenvalue weighted by atomic mass is 9.98. The first-order valence-corrected chi connectivity index (χ1v) is 12.2. The maximum absolute atomic E-state index is 13.4. The molecule has 7 nitrogen and oxygen atoms in total. The maximum atomic E-state index is 13.4. The summed E-state index contributed by atoms with van der Waals surface area (Å²) in [5.41, 5.74) is 2.87. The van der Waals surface area contributed by atoms with Crippen LogP contribution < -0.4 is 14.8 Å². The summed E-state index contributed by atoms with van der Waals surface area (Å²) in [5.74, 6) is 0.0390. The molecular formula is C23H29ClN2O5S. The number of rotatable bonds is 6. The van der Waals surface area contributed by atoms with Crippen molar-refractivity contribution >= 4 is 33.2 Å². The van der Waals surface area contributed by atoms with Gasteiger partial charge in [0.2, 0.25) is 15.9 Å². The van der Waals surface area contributed by atoms with Crippen LogP contribution in [0.3, 0.4) is 0 Å². The summed E-state index contributed by atoms with van der Waals surface area (Å²) >= 11 is 6.14. The fourth-order valence-corrected chi connectivity index (χ4v) is 6.44. The Morgan fingerprint density at radius 2 is 1.69 bits per heavy atom. The number of aryl methyl sites for hydroxylation is 3. The molecule has 3 rings (SSSR count). The molecule has 0 saturated carbocycles. The van der Waals surface area contributed by atoms with Crippen LogP contribution in [0.25, 0.3) is 0 Å². The van der Waals surface area contributed by atoms with E-state index in [-0.39, 0.29) is 12.5 Å². The van der Waals surface area contributed by atoms with Gasteiger partial charge in [0.25, 0.3) is 0 Å². The molecule has 2 aromatic rings. The lowest BCUT2D eigenvalue weighted by molar-refractivity contribution is -0.120. The van der Waals surface area contributed by atoms with Gasteiger partial charge in [-0.1, -0.05) is 29.3 Å². The number of ether oxygens (including phenoxy) is 2. The van der Waals surface area contributed by atoms with Crippen molar-refractivity contribution in [2.45, 2.75) is 38.5 Å². The third-order valence-corrected chi connectivity index (χ3v) is 8.16. The molecule has 1 aliphatic rings. The van der Waals surface area contributed by atoms with Gasteiger partial charge in [0, 0.05) is 25.2 Å². The van der Waals surface area contributed by atoms with E-state index in [1.807, 2.05) is 19.1 Å². The van der Waals surface area contributed by atoms with Crippen LogP contribution in [0, 0.1) is 26.7 Å². The lowest BCUT2D eigenvalue weighted by Crippen LogP contribution is -2.44. The number of benzene rings is 2. The van der Waals surface area contributed by atoms with E-state index in [2.05, 4.69) is 5.32 Å². The minimum absolute atomic E-state index is 0.119. The number of nitrogens with zero attached hydrogens (tertiary/aromatic N) is 1. The predicted octanol–water partition coefficient (Wildman–Crippen LogP) is 4.32. The van der Waals surface area contributed by atoms with Crippen LogP contribution in [-0.4, -0.2) is 45.9 Å². The van der Waals surface area contributed by atoms with Crippen molar-refractivity contribution in [3.8, 4) is 11.5 Å². The molecule has 0 radical (unpaired) electrons. The number of carbonyl (C=O) groups is 1. The molecule has 174 valence electrons. The number of hydrogen-bond acceptors (Lipinski definition) is 5. The van der Waals surface area contributed by atoms with E-state index >= 15 is 0 Å². The third-order valence-electron chi connectivity index (χ3n) is 5.69. The summed E-state index contributed by atoms with van der Waals surface area (Å²) in [7, 11) is -0.752. The minimum atomic E-state index is -3.72. The highest BCUT2D eigenvalue weighted by atomic mass is 35.5. The van der Waals surface area contributed by atoms with Gasteiger partial charge in [-0.25, -0.2) is 8.42 Å². The molecular weight excluding hydrogens is 452 g/mol. The fraction of sp³-hybridized carbons (Fsp3) is 0.435. The van der Waals surface area contributed by atoms with Gasteiger partial charge < -0.3 is 14.8 Å². The van der Waals surface area contributed by atoms with E-state index < -0.39 is 15.9 Å². The summed E-state index contributed by atoms with van der Waals surface area (Å²) < 4.78 is 38.8. The van der Waals surface area contributed by atoms with E-state index in [1.54, 1.807) is 26.0 Å². The number of amides is 1. The molecule has 0 aromatic heterocycles. The molecule has 1 aliphatic heterocycles. The maximum Gasteiger partial charge on any atom is 0.243 e. The van der Waals surface area contributed by atoms with Crippen molar-refractivity contribution in [3.63, 3.8) is 0 Å². The average Bonchev–Trinajstić information content (AvgIpc) is 2.73. The Balaban J connectivity index is 1.83. The predicted molar refractivity (Wildman–Crippen MR) is 125 cm³/mol. The first-order chi connectivity index (χ1) is 15.1. The second kappa shape index (κ2) is 9.68. The number of piperidine rings is 1. The number of anilines is 1. The normalized spacial score (nSPS) is 17.1. The van der Waals surface area contributed by atoms with Crippen molar-refractivity contribution in [3.05, 3.63) is 46.0 Å². The van der Waals surface area contributed by atoms with Gasteiger partial charge in [-0.3, -0.25) is 4.79 Å². The summed E-state index contributed by atoms with van der Waals surface area (Å²) in [5, 5.41) is 3.21. The van der Waals surface area contributed by atoms with Crippen LogP contribution in [0.15, 0.2) is 29.2 Å². The quantitative estimate of drug-likeness (QED) is 0.665. The number of carbonyl (C=O) groups excluding carboxylic acids is 1. The Labute approximate surface area is 194 Å². The highest BCUT2D eigenvalue weighted by molar-refractivity contribution is 7.89. The van der Waals surface area contributed by atoms with Crippen molar-refractivity contribution < 1.29 is 22.7 Å². The molecule has 1 amide bonds. The summed E-state index contributed by atoms with van der Waals surface area (Å²) in [6, 6.07) is 6.90. The van der Waals surface area contributed by atoms with E-state index in [9.17, 15) is 13.2 Å². The summed E-state index contributed by atoms with van der Waals surface area (Å²) in [6.45, 7) is 6.06. The monoisotopic (exact) mass is 480 g/mol. The number of halogens is 1. The van der Waals surface area contributed by atoms with Crippen LogP contribution in [0.2, 0.25) is 5.02 Å². The molecule has 1 fully saturated rings. The lowest BCUT2D eigenvalue weighted by Gasteiger charge is -2.32. The molecule has 1 atom stereocenters. The SMILES string of the molecule is COc1cc(NC(=O)[C@H]2CCCN(S(=O)(=O)c3c(C)cc(C)cc3C)C2)c(OC)cc1Cl. The third kappa shape index (κ3) is 4.87. The number of nitrogens with one attached hydrogen (secondary N) is 1. The molecule has 1 heterocycles. The largest absolute Gasteiger partial charge is 0.495 e. The van der Waals surface area contributed by atoms with Crippen molar-refractivity contribution in [1.29, 1.82) is 0 Å². The van der Waals surface area contributed by atoms with E-state index in [4.69, 9.17) is 21.1 Å². The molecule has 2 aromatic carbocycles. The molecule has 1 N–H and O–H groups in total. The molecule has 32 heavy (non-hydrogen) atoms. The standard InChI is InChI=1S/C23H29ClN2O5S/c1-14-9-15(2)22(16(3)10-14)32(28,29)26-8-6-7-17(13-26)23(27)25-19-12-20(30-4)18(24)11-21(19)31-5/h9-12,17H,6-8,13H2,1-5H3,(H,25,27)/t17-/m0/s1. The molecule has 1 saturated heterocycles. The highest BCUT2D eigenvalue weighted by Gasteiger charge is 2.35. The Morgan fingerprint density at radius 1 is 1.06 bits per heavy atom.